The molecule has 0 bridgehead atoms. The molecule has 2 aromatic rings. The minimum Gasteiger partial charge on any atom is -0.338 e. The Morgan fingerprint density at radius 1 is 1.26 bits per heavy atom. The molecule has 0 saturated carbocycles. The van der Waals surface area contributed by atoms with E-state index in [9.17, 15) is 0 Å². The third-order valence-electron chi connectivity index (χ3n) is 3.67. The molecule has 0 radical (unpaired) electrons. The molecule has 0 saturated heterocycles. The number of rotatable bonds is 6. The number of nitrogens with one attached hydrogen (secondary N) is 1. The van der Waals surface area contributed by atoms with Gasteiger partial charge in [0.25, 0.3) is 0 Å². The van der Waals surface area contributed by atoms with Crippen LogP contribution in [-0.4, -0.2) is 20.1 Å². The molecule has 2 rings (SSSR count). The molecule has 4 nitrogen and oxygen atoms in total. The molecular formula is C15H22N4. The molecule has 0 amide bonds. The maximum absolute atomic E-state index is 4.41. The van der Waals surface area contributed by atoms with Crippen molar-refractivity contribution in [3.05, 3.63) is 48.3 Å². The minimum absolute atomic E-state index is 0.0383. The highest BCUT2D eigenvalue weighted by molar-refractivity contribution is 5.05. The van der Waals surface area contributed by atoms with Gasteiger partial charge in [-0.05, 0) is 25.5 Å². The van der Waals surface area contributed by atoms with E-state index in [1.54, 1.807) is 0 Å². The summed E-state index contributed by atoms with van der Waals surface area (Å²) in [6, 6.07) is 6.01. The third-order valence-corrected chi connectivity index (χ3v) is 3.67. The van der Waals surface area contributed by atoms with Gasteiger partial charge in [0.1, 0.15) is 5.82 Å². The molecule has 2 aromatic heterocycles. The maximum atomic E-state index is 4.41. The minimum atomic E-state index is 0.0383. The molecule has 4 heteroatoms. The first-order chi connectivity index (χ1) is 9.13. The summed E-state index contributed by atoms with van der Waals surface area (Å²) in [5.41, 5.74) is 1.11. The molecule has 0 aliphatic carbocycles. The van der Waals surface area contributed by atoms with Crippen molar-refractivity contribution in [3.8, 4) is 0 Å². The second kappa shape index (κ2) is 5.97. The van der Waals surface area contributed by atoms with Crippen molar-refractivity contribution in [2.24, 2.45) is 7.05 Å². The van der Waals surface area contributed by atoms with E-state index in [0.29, 0.717) is 0 Å². The number of hydrogen-bond acceptors (Lipinski definition) is 3. The predicted octanol–water partition coefficient (Wildman–Crippen LogP) is 2.32. The van der Waals surface area contributed by atoms with Crippen molar-refractivity contribution >= 4 is 0 Å². The molecule has 1 unspecified atom stereocenters. The monoisotopic (exact) mass is 258 g/mol. The van der Waals surface area contributed by atoms with Gasteiger partial charge in [-0.1, -0.05) is 13.0 Å². The predicted molar refractivity (Wildman–Crippen MR) is 76.7 cm³/mol. The fourth-order valence-corrected chi connectivity index (χ4v) is 2.03. The lowest BCUT2D eigenvalue weighted by Gasteiger charge is -2.29. The molecule has 0 aliphatic heterocycles. The lowest BCUT2D eigenvalue weighted by molar-refractivity contribution is 0.327. The number of aryl methyl sites for hydroxylation is 1. The van der Waals surface area contributed by atoms with Crippen LogP contribution in [0.15, 0.2) is 36.8 Å². The van der Waals surface area contributed by atoms with Gasteiger partial charge in [-0.3, -0.25) is 4.98 Å². The number of aromatic nitrogens is 3. The molecule has 2 heterocycles. The van der Waals surface area contributed by atoms with Gasteiger partial charge in [0.2, 0.25) is 0 Å². The van der Waals surface area contributed by atoms with E-state index in [1.165, 1.54) is 0 Å². The fraction of sp³-hybridized carbons (Fsp3) is 0.467. The van der Waals surface area contributed by atoms with Crippen molar-refractivity contribution in [2.75, 3.05) is 0 Å². The lowest BCUT2D eigenvalue weighted by atomic mass is 9.94. The largest absolute Gasteiger partial charge is 0.338 e. The van der Waals surface area contributed by atoms with Crippen molar-refractivity contribution in [3.63, 3.8) is 0 Å². The van der Waals surface area contributed by atoms with Gasteiger partial charge < -0.3 is 9.88 Å². The first kappa shape index (κ1) is 13.7. The highest BCUT2D eigenvalue weighted by atomic mass is 15.1. The topological polar surface area (TPSA) is 42.7 Å². The SMILES string of the molecule is CCC(C)(Cc1nccn1C)NCc1ccccn1. The van der Waals surface area contributed by atoms with Crippen LogP contribution in [0.3, 0.4) is 0 Å². The van der Waals surface area contributed by atoms with Crippen LogP contribution in [0.2, 0.25) is 0 Å². The normalized spacial score (nSPS) is 14.3. The van der Waals surface area contributed by atoms with Crippen LogP contribution < -0.4 is 5.32 Å². The Balaban J connectivity index is 2.00. The van der Waals surface area contributed by atoms with Crippen molar-refractivity contribution in [1.82, 2.24) is 19.9 Å². The molecule has 0 aliphatic rings. The first-order valence-electron chi connectivity index (χ1n) is 6.74. The van der Waals surface area contributed by atoms with E-state index in [4.69, 9.17) is 0 Å². The van der Waals surface area contributed by atoms with Gasteiger partial charge in [-0.2, -0.15) is 0 Å². The summed E-state index contributed by atoms with van der Waals surface area (Å²) in [6.07, 6.45) is 7.64. The maximum Gasteiger partial charge on any atom is 0.110 e. The first-order valence-corrected chi connectivity index (χ1v) is 6.74. The van der Waals surface area contributed by atoms with Crippen LogP contribution in [0.5, 0.6) is 0 Å². The fourth-order valence-electron chi connectivity index (χ4n) is 2.03. The Labute approximate surface area is 114 Å². The summed E-state index contributed by atoms with van der Waals surface area (Å²) >= 11 is 0. The average molecular weight is 258 g/mol. The van der Waals surface area contributed by atoms with E-state index in [-0.39, 0.29) is 5.54 Å². The van der Waals surface area contributed by atoms with Gasteiger partial charge in [0.15, 0.2) is 0 Å². The summed E-state index contributed by atoms with van der Waals surface area (Å²) < 4.78 is 2.08. The molecule has 102 valence electrons. The van der Waals surface area contributed by atoms with Crippen LogP contribution in [0.1, 0.15) is 31.8 Å². The number of imidazole rings is 1. The molecule has 0 spiro atoms. The zero-order valence-electron chi connectivity index (χ0n) is 11.9. The third kappa shape index (κ3) is 3.64. The van der Waals surface area contributed by atoms with Crippen LogP contribution >= 0.6 is 0 Å². The molecule has 0 fully saturated rings. The van der Waals surface area contributed by atoms with Crippen LogP contribution in [0, 0.1) is 0 Å². The molecule has 1 atom stereocenters. The van der Waals surface area contributed by atoms with Gasteiger partial charge in [-0.15, -0.1) is 0 Å². The van der Waals surface area contributed by atoms with E-state index >= 15 is 0 Å². The second-order valence-electron chi connectivity index (χ2n) is 5.22. The van der Waals surface area contributed by atoms with E-state index in [0.717, 1.165) is 30.9 Å². The smallest absolute Gasteiger partial charge is 0.110 e. The van der Waals surface area contributed by atoms with Crippen molar-refractivity contribution in [1.29, 1.82) is 0 Å². The van der Waals surface area contributed by atoms with Crippen molar-refractivity contribution < 1.29 is 0 Å². The van der Waals surface area contributed by atoms with E-state index in [2.05, 4.69) is 33.7 Å². The number of hydrogen-bond donors (Lipinski definition) is 1. The summed E-state index contributed by atoms with van der Waals surface area (Å²) in [7, 11) is 2.04. The van der Waals surface area contributed by atoms with Gasteiger partial charge in [0.05, 0.1) is 5.69 Å². The van der Waals surface area contributed by atoms with E-state index < -0.39 is 0 Å². The van der Waals surface area contributed by atoms with Gasteiger partial charge in [0, 0.05) is 44.1 Å². The Kier molecular flexibility index (Phi) is 4.32. The summed E-state index contributed by atoms with van der Waals surface area (Å²) in [4.78, 5) is 8.76. The standard InChI is InChI=1S/C15H22N4/c1-4-15(2,11-14-17-9-10-19(14)3)18-12-13-7-5-6-8-16-13/h5-10,18H,4,11-12H2,1-3H3. The second-order valence-corrected chi connectivity index (χ2v) is 5.22. The zero-order chi connectivity index (χ0) is 13.7. The Morgan fingerprint density at radius 2 is 2.11 bits per heavy atom. The summed E-state index contributed by atoms with van der Waals surface area (Å²) in [5, 5.41) is 3.61. The average Bonchev–Trinajstić information content (AvgIpc) is 2.83. The lowest BCUT2D eigenvalue weighted by Crippen LogP contribution is -2.44. The quantitative estimate of drug-likeness (QED) is 0.864. The summed E-state index contributed by atoms with van der Waals surface area (Å²) in [6.45, 7) is 5.23. The van der Waals surface area contributed by atoms with Gasteiger partial charge in [-0.25, -0.2) is 4.98 Å². The number of nitrogens with zero attached hydrogens (tertiary/aromatic N) is 3. The zero-order valence-corrected chi connectivity index (χ0v) is 11.9. The summed E-state index contributed by atoms with van der Waals surface area (Å²) in [5.74, 6) is 1.11. The van der Waals surface area contributed by atoms with Crippen LogP contribution in [0.25, 0.3) is 0 Å². The molecule has 19 heavy (non-hydrogen) atoms. The van der Waals surface area contributed by atoms with Crippen molar-refractivity contribution in [2.45, 2.75) is 38.8 Å². The molecule has 1 N–H and O–H groups in total. The molecular weight excluding hydrogens is 236 g/mol. The van der Waals surface area contributed by atoms with E-state index in [1.807, 2.05) is 43.8 Å². The highest BCUT2D eigenvalue weighted by Gasteiger charge is 2.23. The molecule has 0 aromatic carbocycles. The highest BCUT2D eigenvalue weighted by Crippen LogP contribution is 2.16. The number of pyridine rings is 1. The van der Waals surface area contributed by atoms with Gasteiger partial charge >= 0.3 is 0 Å². The Morgan fingerprint density at radius 3 is 2.68 bits per heavy atom. The Bertz CT molecular complexity index is 506. The van der Waals surface area contributed by atoms with Crippen LogP contribution in [-0.2, 0) is 20.0 Å². The van der Waals surface area contributed by atoms with Crippen LogP contribution in [0.4, 0.5) is 0 Å². The Hall–Kier alpha value is -1.68.